The van der Waals surface area contributed by atoms with Gasteiger partial charge in [-0.2, -0.15) is 0 Å². The van der Waals surface area contributed by atoms with E-state index in [4.69, 9.17) is 14.2 Å². The Labute approximate surface area is 344 Å². The van der Waals surface area contributed by atoms with E-state index >= 15 is 0 Å². The summed E-state index contributed by atoms with van der Waals surface area (Å²) in [6, 6.07) is -0.731. The number of nitrogens with zero attached hydrogens (tertiary/aromatic N) is 1. The summed E-state index contributed by atoms with van der Waals surface area (Å²) in [5.74, 6) is -1.77. The molecule has 2 atom stereocenters. The van der Waals surface area contributed by atoms with E-state index in [9.17, 15) is 19.5 Å². The van der Waals surface area contributed by atoms with Crippen LogP contribution in [0.25, 0.3) is 0 Å². The number of ether oxygens (including phenoxy) is 3. The number of rotatable bonds is 40. The molecule has 0 aromatic heterocycles. The van der Waals surface area contributed by atoms with Crippen molar-refractivity contribution >= 4 is 17.9 Å². The first-order chi connectivity index (χ1) is 27.1. The first-order valence-corrected chi connectivity index (χ1v) is 22.7. The zero-order valence-electron chi connectivity index (χ0n) is 36.8. The second-order valence-electron chi connectivity index (χ2n) is 16.3. The minimum Gasteiger partial charge on any atom is -0.544 e. The van der Waals surface area contributed by atoms with E-state index in [2.05, 4.69) is 62.5 Å². The number of esters is 2. The van der Waals surface area contributed by atoms with Crippen LogP contribution >= 0.6 is 0 Å². The van der Waals surface area contributed by atoms with Gasteiger partial charge in [-0.3, -0.25) is 9.59 Å². The lowest BCUT2D eigenvalue weighted by atomic mass is 10.1. The summed E-state index contributed by atoms with van der Waals surface area (Å²) in [5, 5.41) is 11.6. The Morgan fingerprint density at radius 2 is 1.00 bits per heavy atom. The maximum Gasteiger partial charge on any atom is 0.306 e. The largest absolute Gasteiger partial charge is 0.544 e. The number of hydrogen-bond acceptors (Lipinski definition) is 7. The first kappa shape index (κ1) is 53.3. The fourth-order valence-corrected chi connectivity index (χ4v) is 6.43. The molecule has 8 heteroatoms. The van der Waals surface area contributed by atoms with Crippen LogP contribution in [0.5, 0.6) is 0 Å². The SMILES string of the molecule is CC/C=C/C/C=C/C/C=C/CCCCCCC(=O)OCC(COCCC(C(=O)[O-])[N+](C)(C)C)OC(=O)CCCCCCC/C=C/CCCCCCCCCCC. The van der Waals surface area contributed by atoms with E-state index in [-0.39, 0.29) is 42.7 Å². The van der Waals surface area contributed by atoms with Gasteiger partial charge in [0.2, 0.25) is 0 Å². The standard InChI is InChI=1S/C48H85NO7/c1-6-8-10-12-14-16-18-20-22-23-24-25-27-29-31-33-35-37-39-47(51)56-44(42-54-41-40-45(48(52)53)49(3,4)5)43-55-46(50)38-36-34-32-30-28-26-21-19-17-15-13-11-9-7-2/h9,11,15,17,21,24-26,44-45H,6-8,10,12-14,16,18-20,22-23,27-43H2,1-5H3/b11-9+,17-15+,25-24+,26-21+. The number of carboxylic acids is 1. The minimum atomic E-state index is -1.13. The van der Waals surface area contributed by atoms with Crippen molar-refractivity contribution in [3.63, 3.8) is 0 Å². The third-order valence-corrected chi connectivity index (χ3v) is 9.95. The van der Waals surface area contributed by atoms with E-state index in [1.165, 1.54) is 70.6 Å². The molecular weight excluding hydrogens is 703 g/mol. The number of carboxylic acid groups (broad SMARTS) is 1. The second kappa shape index (κ2) is 39.1. The summed E-state index contributed by atoms with van der Waals surface area (Å²) in [6.07, 6.45) is 45.6. The zero-order chi connectivity index (χ0) is 41.4. The van der Waals surface area contributed by atoms with Gasteiger partial charge in [-0.25, -0.2) is 0 Å². The minimum absolute atomic E-state index is 0.0296. The lowest BCUT2D eigenvalue weighted by Gasteiger charge is -2.34. The highest BCUT2D eigenvalue weighted by atomic mass is 16.6. The Bertz CT molecular complexity index is 1060. The van der Waals surface area contributed by atoms with Crippen LogP contribution < -0.4 is 5.11 Å². The van der Waals surface area contributed by atoms with E-state index in [0.717, 1.165) is 83.5 Å². The van der Waals surface area contributed by atoms with Crippen molar-refractivity contribution in [1.29, 1.82) is 0 Å². The third-order valence-electron chi connectivity index (χ3n) is 9.95. The summed E-state index contributed by atoms with van der Waals surface area (Å²) < 4.78 is 17.1. The van der Waals surface area contributed by atoms with E-state index in [0.29, 0.717) is 12.8 Å². The summed E-state index contributed by atoms with van der Waals surface area (Å²) in [7, 11) is 5.40. The topological polar surface area (TPSA) is 102 Å². The van der Waals surface area contributed by atoms with Crippen molar-refractivity contribution in [2.45, 2.75) is 199 Å². The van der Waals surface area contributed by atoms with Crippen LogP contribution in [-0.4, -0.2) is 75.5 Å². The Morgan fingerprint density at radius 1 is 0.554 bits per heavy atom. The van der Waals surface area contributed by atoms with Gasteiger partial charge in [0.05, 0.1) is 40.3 Å². The maximum absolute atomic E-state index is 12.7. The zero-order valence-corrected chi connectivity index (χ0v) is 36.8. The highest BCUT2D eigenvalue weighted by Gasteiger charge is 2.25. The van der Waals surface area contributed by atoms with Gasteiger partial charge < -0.3 is 28.6 Å². The fraction of sp³-hybridized carbons (Fsp3) is 0.771. The van der Waals surface area contributed by atoms with Gasteiger partial charge in [-0.15, -0.1) is 0 Å². The Hall–Kier alpha value is -2.71. The molecule has 0 N–H and O–H groups in total. The van der Waals surface area contributed by atoms with E-state index in [1.54, 1.807) is 21.1 Å². The van der Waals surface area contributed by atoms with Gasteiger partial charge in [-0.1, -0.05) is 146 Å². The van der Waals surface area contributed by atoms with Gasteiger partial charge in [0.15, 0.2) is 6.10 Å². The predicted molar refractivity (Wildman–Crippen MR) is 231 cm³/mol. The number of unbranched alkanes of at least 4 members (excludes halogenated alkanes) is 18. The highest BCUT2D eigenvalue weighted by molar-refractivity contribution is 5.70. The number of quaternary nitrogens is 1. The first-order valence-electron chi connectivity index (χ1n) is 22.7. The van der Waals surface area contributed by atoms with Gasteiger partial charge in [-0.05, 0) is 70.6 Å². The van der Waals surface area contributed by atoms with Crippen LogP contribution in [0.15, 0.2) is 48.6 Å². The molecule has 0 rings (SSSR count). The molecule has 0 heterocycles. The van der Waals surface area contributed by atoms with E-state index < -0.39 is 18.1 Å². The van der Waals surface area contributed by atoms with Crippen LogP contribution in [-0.2, 0) is 28.6 Å². The summed E-state index contributed by atoms with van der Waals surface area (Å²) in [5.41, 5.74) is 0. The number of allylic oxidation sites excluding steroid dienone is 8. The van der Waals surface area contributed by atoms with Crippen molar-refractivity contribution in [3.8, 4) is 0 Å². The van der Waals surface area contributed by atoms with Crippen molar-refractivity contribution in [1.82, 2.24) is 0 Å². The summed E-state index contributed by atoms with van der Waals surface area (Å²) in [6.45, 7) is 4.52. The summed E-state index contributed by atoms with van der Waals surface area (Å²) in [4.78, 5) is 36.9. The number of likely N-dealkylation sites (N-methyl/N-ethyl adjacent to an activating group) is 1. The molecule has 0 aromatic carbocycles. The van der Waals surface area contributed by atoms with Gasteiger partial charge in [0, 0.05) is 19.3 Å². The molecular formula is C48H85NO7. The van der Waals surface area contributed by atoms with Crippen LogP contribution in [0.2, 0.25) is 0 Å². The number of carbonyl (C=O) groups excluding carboxylic acids is 3. The average molecular weight is 788 g/mol. The molecule has 0 spiro atoms. The molecule has 8 nitrogen and oxygen atoms in total. The molecule has 0 bridgehead atoms. The highest BCUT2D eigenvalue weighted by Crippen LogP contribution is 2.14. The lowest BCUT2D eigenvalue weighted by molar-refractivity contribution is -0.889. The van der Waals surface area contributed by atoms with Crippen LogP contribution in [0.4, 0.5) is 0 Å². The molecule has 0 saturated heterocycles. The molecule has 0 fully saturated rings. The average Bonchev–Trinajstić information content (AvgIpc) is 3.15. The Morgan fingerprint density at radius 3 is 1.50 bits per heavy atom. The molecule has 0 aromatic rings. The molecule has 0 aliphatic carbocycles. The van der Waals surface area contributed by atoms with Crippen LogP contribution in [0.3, 0.4) is 0 Å². The second-order valence-corrected chi connectivity index (χ2v) is 16.3. The molecule has 0 radical (unpaired) electrons. The molecule has 0 aliphatic rings. The molecule has 0 amide bonds. The summed E-state index contributed by atoms with van der Waals surface area (Å²) >= 11 is 0. The normalized spacial score (nSPS) is 13.4. The number of carbonyl (C=O) groups is 3. The molecule has 0 saturated carbocycles. The maximum atomic E-state index is 12.7. The third kappa shape index (κ3) is 36.9. The Kier molecular flexibility index (Phi) is 37.2. The smallest absolute Gasteiger partial charge is 0.306 e. The van der Waals surface area contributed by atoms with Crippen molar-refractivity contribution in [3.05, 3.63) is 48.6 Å². The monoisotopic (exact) mass is 788 g/mol. The lowest BCUT2D eigenvalue weighted by Crippen LogP contribution is -2.55. The molecule has 2 unspecified atom stereocenters. The number of hydrogen-bond donors (Lipinski definition) is 0. The van der Waals surface area contributed by atoms with E-state index in [1.807, 2.05) is 0 Å². The molecule has 56 heavy (non-hydrogen) atoms. The van der Waals surface area contributed by atoms with Crippen molar-refractivity contribution in [2.24, 2.45) is 0 Å². The quantitative estimate of drug-likeness (QED) is 0.0264. The fourth-order valence-electron chi connectivity index (χ4n) is 6.43. The van der Waals surface area contributed by atoms with Gasteiger partial charge in [0.25, 0.3) is 0 Å². The van der Waals surface area contributed by atoms with Crippen LogP contribution in [0, 0.1) is 0 Å². The molecule has 0 aliphatic heterocycles. The van der Waals surface area contributed by atoms with Crippen molar-refractivity contribution in [2.75, 3.05) is 41.0 Å². The van der Waals surface area contributed by atoms with Crippen molar-refractivity contribution < 1.29 is 38.2 Å². The van der Waals surface area contributed by atoms with Gasteiger partial charge in [0.1, 0.15) is 12.6 Å². The van der Waals surface area contributed by atoms with Gasteiger partial charge >= 0.3 is 11.9 Å². The Balaban J connectivity index is 4.36. The van der Waals surface area contributed by atoms with Crippen LogP contribution in [0.1, 0.15) is 187 Å². The number of aliphatic carboxylic acids is 1. The molecule has 324 valence electrons. The predicted octanol–water partition coefficient (Wildman–Crippen LogP) is 11.1.